The number of esters is 2. The summed E-state index contributed by atoms with van der Waals surface area (Å²) in [6.45, 7) is 19.1. The molecule has 2 aromatic heterocycles. The number of aromatic nitrogens is 6. The largest absolute Gasteiger partial charge is 0.459 e. The summed E-state index contributed by atoms with van der Waals surface area (Å²) in [6.07, 6.45) is -4.93. The standard InChI is InChI=1S/C56H91FN8O14/c1-16-45-56(11,72)49(68)35(6)63(13)27-31(2)24-54(9,71)51(33(4)46(34(5)52(70)78-45)44-25-55(10,74-15)50(69)36(7)77-44)79-53-47(67)42(23-32(3)76-53)62(12)22-21-39-28-65(61-58-39)43(26-57)48(73-14)38-17-19-41(20-18-38)64-29-40(59-60-64)30-75-37(8)66/h17-20,28-29,31-36,42-51,53,67-69,71-72H,16,21-27,30H2,1-15H3/t31-,32-,33+,34-,35-,36+,42+,43-,44?,45-,46+,47-,48-,49-,50+,51-,53+,54-,55-,56-/m1/s1. The molecule has 1 unspecified atom stereocenters. The predicted octanol–water partition coefficient (Wildman–Crippen LogP) is 3.92. The van der Waals surface area contributed by atoms with Crippen molar-refractivity contribution >= 4 is 11.9 Å². The second-order valence-electron chi connectivity index (χ2n) is 23.6. The van der Waals surface area contributed by atoms with Gasteiger partial charge in [0.05, 0.1) is 59.1 Å². The van der Waals surface area contributed by atoms with Crippen molar-refractivity contribution in [1.82, 2.24) is 39.8 Å². The van der Waals surface area contributed by atoms with Crippen molar-refractivity contribution in [2.75, 3.05) is 48.1 Å². The van der Waals surface area contributed by atoms with Gasteiger partial charge in [0.25, 0.3) is 0 Å². The first-order chi connectivity index (χ1) is 37.1. The van der Waals surface area contributed by atoms with Crippen molar-refractivity contribution in [3.8, 4) is 5.69 Å². The van der Waals surface area contributed by atoms with Gasteiger partial charge < -0.3 is 68.5 Å². The fraction of sp³-hybridized carbons (Fsp3) is 0.786. The van der Waals surface area contributed by atoms with Crippen molar-refractivity contribution in [2.24, 2.45) is 23.7 Å². The second-order valence-corrected chi connectivity index (χ2v) is 23.6. The minimum Gasteiger partial charge on any atom is -0.459 e. The van der Waals surface area contributed by atoms with Gasteiger partial charge in [-0.25, -0.2) is 13.8 Å². The Kier molecular flexibility index (Phi) is 21.8. The molecule has 20 atom stereocenters. The summed E-state index contributed by atoms with van der Waals surface area (Å²) in [5.41, 5.74) is -2.13. The second kappa shape index (κ2) is 26.9. The van der Waals surface area contributed by atoms with E-state index in [1.165, 1.54) is 32.7 Å². The van der Waals surface area contributed by atoms with Gasteiger partial charge in [0, 0.05) is 71.3 Å². The Morgan fingerprint density at radius 2 is 1.62 bits per heavy atom. The van der Waals surface area contributed by atoms with E-state index in [9.17, 15) is 35.1 Å². The van der Waals surface area contributed by atoms with Crippen molar-refractivity contribution in [1.29, 1.82) is 0 Å². The van der Waals surface area contributed by atoms with Gasteiger partial charge in [0.15, 0.2) is 6.29 Å². The van der Waals surface area contributed by atoms with E-state index in [0.717, 1.165) is 0 Å². The van der Waals surface area contributed by atoms with Crippen LogP contribution in [0.2, 0.25) is 0 Å². The van der Waals surface area contributed by atoms with Gasteiger partial charge in [-0.1, -0.05) is 50.3 Å². The quantitative estimate of drug-likeness (QED) is 0.120. The maximum Gasteiger partial charge on any atom is 0.309 e. The minimum atomic E-state index is -1.84. The Bertz CT molecular complexity index is 2410. The Balaban J connectivity index is 1.24. The number of benzene rings is 1. The number of hydrogen-bond acceptors (Lipinski definition) is 20. The molecule has 3 saturated heterocycles. The molecule has 0 aliphatic carbocycles. The first-order valence-electron chi connectivity index (χ1n) is 27.9. The summed E-state index contributed by atoms with van der Waals surface area (Å²) in [7, 11) is 6.73. The number of carbonyl (C=O) groups is 2. The zero-order chi connectivity index (χ0) is 58.5. The zero-order valence-electron chi connectivity index (χ0n) is 49.0. The molecule has 3 aliphatic heterocycles. The van der Waals surface area contributed by atoms with Gasteiger partial charge >= 0.3 is 11.9 Å². The normalized spacial score (nSPS) is 37.4. The van der Waals surface area contributed by atoms with Crippen LogP contribution in [0.25, 0.3) is 5.69 Å². The first kappa shape index (κ1) is 64.1. The molecule has 0 amide bonds. The van der Waals surface area contributed by atoms with Gasteiger partial charge in [0.1, 0.15) is 61.1 Å². The number of hydrogen-bond donors (Lipinski definition) is 5. The summed E-state index contributed by atoms with van der Waals surface area (Å²) in [5.74, 6) is -3.75. The van der Waals surface area contributed by atoms with Gasteiger partial charge in [-0.3, -0.25) is 9.59 Å². The molecule has 1 aromatic carbocycles. The third kappa shape index (κ3) is 14.8. The summed E-state index contributed by atoms with van der Waals surface area (Å²) in [4.78, 5) is 29.8. The Labute approximate surface area is 465 Å². The van der Waals surface area contributed by atoms with Crippen LogP contribution in [0.5, 0.6) is 0 Å². The highest BCUT2D eigenvalue weighted by atomic mass is 19.1. The lowest BCUT2D eigenvalue weighted by Gasteiger charge is -2.51. The Morgan fingerprint density at radius 1 is 0.949 bits per heavy atom. The summed E-state index contributed by atoms with van der Waals surface area (Å²) in [6, 6.07) is 5.26. The van der Waals surface area contributed by atoms with Gasteiger partial charge in [0.2, 0.25) is 0 Å². The van der Waals surface area contributed by atoms with Crippen molar-refractivity contribution in [2.45, 2.75) is 211 Å². The molecule has 3 fully saturated rings. The van der Waals surface area contributed by atoms with Crippen LogP contribution in [0, 0.1) is 23.7 Å². The maximum absolute atomic E-state index is 15.0. The highest BCUT2D eigenvalue weighted by Crippen LogP contribution is 2.45. The van der Waals surface area contributed by atoms with Crippen LogP contribution in [0.4, 0.5) is 4.39 Å². The minimum absolute atomic E-state index is 0.00543. The van der Waals surface area contributed by atoms with E-state index in [2.05, 4.69) is 20.6 Å². The number of alkyl halides is 1. The summed E-state index contributed by atoms with van der Waals surface area (Å²) in [5, 5.41) is 77.2. The van der Waals surface area contributed by atoms with Crippen LogP contribution in [-0.2, 0) is 55.8 Å². The van der Waals surface area contributed by atoms with Gasteiger partial charge in [-0.05, 0) is 104 Å². The van der Waals surface area contributed by atoms with Crippen molar-refractivity contribution in [3.05, 3.63) is 53.6 Å². The fourth-order valence-corrected chi connectivity index (χ4v) is 12.5. The molecule has 0 radical (unpaired) electrons. The van der Waals surface area contributed by atoms with E-state index in [1.807, 2.05) is 44.7 Å². The third-order valence-corrected chi connectivity index (χ3v) is 17.3. The molecule has 6 rings (SSSR count). The molecule has 79 heavy (non-hydrogen) atoms. The molecule has 23 heteroatoms. The third-order valence-electron chi connectivity index (χ3n) is 17.3. The van der Waals surface area contributed by atoms with Crippen LogP contribution in [0.15, 0.2) is 36.7 Å². The molecule has 0 bridgehead atoms. The lowest BCUT2D eigenvalue weighted by atomic mass is 9.68. The fourth-order valence-electron chi connectivity index (χ4n) is 12.5. The first-order valence-corrected chi connectivity index (χ1v) is 27.9. The number of carbonyl (C=O) groups excluding carboxylic acids is 2. The maximum atomic E-state index is 15.0. The van der Waals surface area contributed by atoms with E-state index in [4.69, 9.17) is 33.2 Å². The number of methoxy groups -OCH3 is 2. The molecule has 0 saturated carbocycles. The lowest BCUT2D eigenvalue weighted by Crippen LogP contribution is -2.62. The molecule has 446 valence electrons. The number of rotatable bonds is 17. The van der Waals surface area contributed by atoms with E-state index in [-0.39, 0.29) is 31.8 Å². The molecule has 0 spiro atoms. The summed E-state index contributed by atoms with van der Waals surface area (Å²) < 4.78 is 61.1. The van der Waals surface area contributed by atoms with Crippen molar-refractivity contribution < 1.29 is 72.7 Å². The lowest BCUT2D eigenvalue weighted by molar-refractivity contribution is -0.302. The molecule has 5 N–H and O–H groups in total. The average Bonchev–Trinajstić information content (AvgIpc) is 4.09. The number of nitrogens with zero attached hydrogens (tertiary/aromatic N) is 8. The highest BCUT2D eigenvalue weighted by Gasteiger charge is 2.55. The number of cyclic esters (lactones) is 1. The number of aliphatic hydroxyl groups is 5. The van der Waals surface area contributed by atoms with Gasteiger partial charge in [-0.15, -0.1) is 10.2 Å². The number of aliphatic hydroxyl groups excluding tert-OH is 3. The Hall–Kier alpha value is -4.11. The topological polar surface area (TPSA) is 268 Å². The molecule has 3 aromatic rings. The summed E-state index contributed by atoms with van der Waals surface area (Å²) >= 11 is 0. The number of likely N-dealkylation sites (N-methyl/N-ethyl adjacent to an activating group) is 2. The zero-order valence-corrected chi connectivity index (χ0v) is 49.0. The van der Waals surface area contributed by atoms with Crippen LogP contribution >= 0.6 is 0 Å². The molecule has 22 nitrogen and oxygen atoms in total. The van der Waals surface area contributed by atoms with E-state index >= 15 is 4.39 Å². The molecular weight excluding hydrogens is 1030 g/mol. The van der Waals surface area contributed by atoms with E-state index in [1.54, 1.807) is 82.9 Å². The molecule has 5 heterocycles. The van der Waals surface area contributed by atoms with E-state index < -0.39 is 133 Å². The molecule has 3 aliphatic rings. The van der Waals surface area contributed by atoms with Crippen molar-refractivity contribution in [3.63, 3.8) is 0 Å². The smallest absolute Gasteiger partial charge is 0.309 e. The SMILES string of the molecule is CC[C@H]1OC(=O)[C@H](C)[C@@H](C2C[C@@](C)(OC)[C@@H](O)[C@H](C)O2)[C@H](C)[C@@H](O[C@@H]2O[C@H](C)C[C@H](N(C)CCc3cn([C@H](CF)[C@H](OC)c4ccc(-n5cc(COC(C)=O)nn5)cc4)nn3)[C@H]2O)[C@](C)(O)C[C@@H](C)CN(C)[C@H](C)[C@@H](O)[C@]1(C)O. The monoisotopic (exact) mass is 1120 g/mol. The number of ether oxygens (including phenoxy) is 7. The van der Waals surface area contributed by atoms with Crippen LogP contribution in [0.1, 0.15) is 131 Å². The van der Waals surface area contributed by atoms with Crippen LogP contribution in [0.3, 0.4) is 0 Å². The molecular formula is C56H91FN8O14. The Morgan fingerprint density at radius 3 is 2.24 bits per heavy atom. The average molecular weight is 1120 g/mol. The number of halogens is 1. The highest BCUT2D eigenvalue weighted by molar-refractivity contribution is 5.73. The predicted molar refractivity (Wildman–Crippen MR) is 287 cm³/mol. The van der Waals surface area contributed by atoms with Gasteiger partial charge in [-0.2, -0.15) is 0 Å². The van der Waals surface area contributed by atoms with Crippen LogP contribution < -0.4 is 0 Å². The van der Waals surface area contributed by atoms with E-state index in [0.29, 0.717) is 48.6 Å². The van der Waals surface area contributed by atoms with Crippen LogP contribution in [-0.4, -0.2) is 209 Å².